The van der Waals surface area contributed by atoms with Crippen LogP contribution < -0.4 is 10.2 Å². The van der Waals surface area contributed by atoms with E-state index in [2.05, 4.69) is 40.5 Å². The molecule has 0 aromatic heterocycles. The van der Waals surface area contributed by atoms with Gasteiger partial charge in [0.2, 0.25) is 0 Å². The molecule has 4 heteroatoms. The molecule has 0 saturated carbocycles. The molecule has 0 atom stereocenters. The average molecular weight is 307 g/mol. The number of rotatable bonds is 3. The van der Waals surface area contributed by atoms with E-state index >= 15 is 0 Å². The lowest BCUT2D eigenvalue weighted by Gasteiger charge is -2.29. The van der Waals surface area contributed by atoms with Crippen molar-refractivity contribution >= 4 is 11.6 Å². The Morgan fingerprint density at radius 3 is 2.57 bits per heavy atom. The van der Waals surface area contributed by atoms with Crippen LogP contribution in [0.4, 0.5) is 5.69 Å². The van der Waals surface area contributed by atoms with Crippen molar-refractivity contribution in [3.63, 3.8) is 0 Å². The lowest BCUT2D eigenvalue weighted by molar-refractivity contribution is 0.0766. The molecule has 23 heavy (non-hydrogen) atoms. The number of nitrogens with one attached hydrogen (secondary N) is 1. The van der Waals surface area contributed by atoms with Crippen LogP contribution in [0.5, 0.6) is 0 Å². The Labute approximate surface area is 136 Å². The first kappa shape index (κ1) is 14.3. The number of anilines is 1. The Kier molecular flexibility index (Phi) is 3.75. The molecule has 2 aliphatic heterocycles. The topological polar surface area (TPSA) is 35.6 Å². The first-order valence-corrected chi connectivity index (χ1v) is 8.23. The summed E-state index contributed by atoms with van der Waals surface area (Å²) < 4.78 is 0. The first-order chi connectivity index (χ1) is 11.3. The van der Waals surface area contributed by atoms with Gasteiger partial charge in [0.05, 0.1) is 0 Å². The Morgan fingerprint density at radius 2 is 1.78 bits per heavy atom. The maximum absolute atomic E-state index is 12.7. The maximum atomic E-state index is 12.7. The quantitative estimate of drug-likeness (QED) is 0.945. The highest BCUT2D eigenvalue weighted by Crippen LogP contribution is 2.28. The number of carbonyl (C=O) groups excluding carboxylic acids is 1. The fraction of sp³-hybridized carbons (Fsp3) is 0.316. The smallest absolute Gasteiger partial charge is 0.254 e. The summed E-state index contributed by atoms with van der Waals surface area (Å²) in [5.41, 5.74) is 4.36. The molecule has 2 aromatic carbocycles. The van der Waals surface area contributed by atoms with Crippen molar-refractivity contribution in [2.45, 2.75) is 13.1 Å². The fourth-order valence-corrected chi connectivity index (χ4v) is 3.40. The summed E-state index contributed by atoms with van der Waals surface area (Å²) in [6, 6.07) is 16.5. The molecule has 0 radical (unpaired) electrons. The van der Waals surface area contributed by atoms with Crippen molar-refractivity contribution < 1.29 is 4.79 Å². The lowest BCUT2D eigenvalue weighted by atomic mass is 10.1. The number of amides is 1. The molecule has 4 rings (SSSR count). The van der Waals surface area contributed by atoms with E-state index in [0.717, 1.165) is 37.3 Å². The number of fused-ring (bicyclic) bond motifs is 1. The van der Waals surface area contributed by atoms with Gasteiger partial charge in [-0.15, -0.1) is 0 Å². The molecule has 4 nitrogen and oxygen atoms in total. The average Bonchev–Trinajstić information content (AvgIpc) is 2.92. The molecule has 0 unspecified atom stereocenters. The Balaban J connectivity index is 1.54. The third-order valence-corrected chi connectivity index (χ3v) is 4.67. The Morgan fingerprint density at radius 1 is 1.00 bits per heavy atom. The summed E-state index contributed by atoms with van der Waals surface area (Å²) in [5, 5.41) is 3.36. The van der Waals surface area contributed by atoms with E-state index in [4.69, 9.17) is 0 Å². The number of hydrogen-bond donors (Lipinski definition) is 1. The highest BCUT2D eigenvalue weighted by atomic mass is 16.2. The zero-order valence-corrected chi connectivity index (χ0v) is 13.2. The van der Waals surface area contributed by atoms with E-state index < -0.39 is 0 Å². The van der Waals surface area contributed by atoms with Gasteiger partial charge < -0.3 is 15.1 Å². The van der Waals surface area contributed by atoms with E-state index in [0.29, 0.717) is 13.1 Å². The van der Waals surface area contributed by atoms with Gasteiger partial charge in [-0.05, 0) is 23.3 Å². The maximum Gasteiger partial charge on any atom is 0.254 e. The van der Waals surface area contributed by atoms with Gasteiger partial charge in [0.15, 0.2) is 0 Å². The van der Waals surface area contributed by atoms with Crippen molar-refractivity contribution in [2.24, 2.45) is 0 Å². The third kappa shape index (κ3) is 2.82. The fourth-order valence-electron chi connectivity index (χ4n) is 3.40. The number of piperazine rings is 1. The molecule has 2 aliphatic rings. The molecule has 1 N–H and O–H groups in total. The minimum Gasteiger partial charge on any atom is -0.369 e. The monoisotopic (exact) mass is 307 g/mol. The third-order valence-electron chi connectivity index (χ3n) is 4.67. The molecule has 0 aliphatic carbocycles. The summed E-state index contributed by atoms with van der Waals surface area (Å²) in [6.45, 7) is 5.40. The zero-order valence-electron chi connectivity index (χ0n) is 13.2. The van der Waals surface area contributed by atoms with Gasteiger partial charge >= 0.3 is 0 Å². The second kappa shape index (κ2) is 6.05. The summed E-state index contributed by atoms with van der Waals surface area (Å²) in [7, 11) is 0. The summed E-state index contributed by atoms with van der Waals surface area (Å²) in [4.78, 5) is 17.0. The van der Waals surface area contributed by atoms with Crippen LogP contribution in [-0.2, 0) is 13.1 Å². The van der Waals surface area contributed by atoms with Crippen molar-refractivity contribution in [1.29, 1.82) is 0 Å². The second-order valence-corrected chi connectivity index (χ2v) is 6.23. The number of hydrogen-bond acceptors (Lipinski definition) is 3. The summed E-state index contributed by atoms with van der Waals surface area (Å²) in [6.07, 6.45) is 0. The van der Waals surface area contributed by atoms with Crippen molar-refractivity contribution in [2.75, 3.05) is 31.1 Å². The van der Waals surface area contributed by atoms with Gasteiger partial charge in [0.1, 0.15) is 0 Å². The Bertz CT molecular complexity index is 708. The van der Waals surface area contributed by atoms with Gasteiger partial charge in [0, 0.05) is 50.5 Å². The molecular weight excluding hydrogens is 286 g/mol. The van der Waals surface area contributed by atoms with Crippen molar-refractivity contribution in [3.8, 4) is 0 Å². The van der Waals surface area contributed by atoms with Gasteiger partial charge in [0.25, 0.3) is 5.91 Å². The van der Waals surface area contributed by atoms with Crippen molar-refractivity contribution in [3.05, 3.63) is 65.2 Å². The second-order valence-electron chi connectivity index (χ2n) is 6.23. The van der Waals surface area contributed by atoms with Crippen LogP contribution in [0, 0.1) is 0 Å². The molecule has 1 saturated heterocycles. The molecule has 118 valence electrons. The molecular formula is C19H21N3O. The minimum atomic E-state index is 0.154. The van der Waals surface area contributed by atoms with Crippen LogP contribution in [0.1, 0.15) is 21.5 Å². The standard InChI is InChI=1S/C19H21N3O/c23-19-18-12-17(21-10-8-20-9-11-21)7-6-16(18)14-22(19)13-15-4-2-1-3-5-15/h1-7,12,20H,8-11,13-14H2. The molecule has 2 aromatic rings. The molecule has 2 heterocycles. The number of nitrogens with zero attached hydrogens (tertiary/aromatic N) is 2. The highest BCUT2D eigenvalue weighted by molar-refractivity contribution is 5.99. The summed E-state index contributed by atoms with van der Waals surface area (Å²) in [5.74, 6) is 0.154. The normalized spacial score (nSPS) is 17.5. The van der Waals surface area contributed by atoms with E-state index in [1.165, 1.54) is 11.3 Å². The zero-order chi connectivity index (χ0) is 15.6. The number of benzene rings is 2. The SMILES string of the molecule is O=C1c2cc(N3CCNCC3)ccc2CN1Cc1ccccc1. The highest BCUT2D eigenvalue weighted by Gasteiger charge is 2.28. The molecule has 1 amide bonds. The molecule has 1 fully saturated rings. The predicted octanol–water partition coefficient (Wildman–Crippen LogP) is 2.25. The predicted molar refractivity (Wildman–Crippen MR) is 91.5 cm³/mol. The molecule has 0 spiro atoms. The van der Waals surface area contributed by atoms with E-state index in [-0.39, 0.29) is 5.91 Å². The number of carbonyl (C=O) groups is 1. The summed E-state index contributed by atoms with van der Waals surface area (Å²) >= 11 is 0. The van der Waals surface area contributed by atoms with Gasteiger partial charge in [-0.1, -0.05) is 36.4 Å². The lowest BCUT2D eigenvalue weighted by Crippen LogP contribution is -2.43. The largest absolute Gasteiger partial charge is 0.369 e. The van der Waals surface area contributed by atoms with Crippen LogP contribution in [0.15, 0.2) is 48.5 Å². The van der Waals surface area contributed by atoms with Crippen molar-refractivity contribution in [1.82, 2.24) is 10.2 Å². The van der Waals surface area contributed by atoms with Crippen LogP contribution in [0.2, 0.25) is 0 Å². The van der Waals surface area contributed by atoms with Crippen LogP contribution in [0.25, 0.3) is 0 Å². The van der Waals surface area contributed by atoms with Gasteiger partial charge in [-0.25, -0.2) is 0 Å². The van der Waals surface area contributed by atoms with Crippen LogP contribution in [-0.4, -0.2) is 37.0 Å². The van der Waals surface area contributed by atoms with Crippen LogP contribution in [0.3, 0.4) is 0 Å². The molecule has 0 bridgehead atoms. The van der Waals surface area contributed by atoms with E-state index in [1.54, 1.807) is 0 Å². The van der Waals surface area contributed by atoms with E-state index in [1.807, 2.05) is 23.1 Å². The van der Waals surface area contributed by atoms with E-state index in [9.17, 15) is 4.79 Å². The van der Waals surface area contributed by atoms with Gasteiger partial charge in [-0.2, -0.15) is 0 Å². The first-order valence-electron chi connectivity index (χ1n) is 8.23. The van der Waals surface area contributed by atoms with Gasteiger partial charge in [-0.3, -0.25) is 4.79 Å². The van der Waals surface area contributed by atoms with Crippen LogP contribution >= 0.6 is 0 Å². The Hall–Kier alpha value is -2.33. The minimum absolute atomic E-state index is 0.154.